The molecule has 0 fully saturated rings. The predicted molar refractivity (Wildman–Crippen MR) is 56.8 cm³/mol. The molecule has 0 aliphatic carbocycles. The molecule has 1 aromatic rings. The Morgan fingerprint density at radius 1 is 1.47 bits per heavy atom. The highest BCUT2D eigenvalue weighted by molar-refractivity contribution is 6.33. The summed E-state index contributed by atoms with van der Waals surface area (Å²) in [5.74, 6) is -1.95. The molecule has 0 aromatic heterocycles. The molecule has 0 aliphatic rings. The van der Waals surface area contributed by atoms with Crippen LogP contribution in [0.15, 0.2) is 6.07 Å². The topological polar surface area (TPSA) is 66.5 Å². The summed E-state index contributed by atoms with van der Waals surface area (Å²) in [6, 6.07) is 1.08. The first-order valence-corrected chi connectivity index (χ1v) is 4.96. The van der Waals surface area contributed by atoms with Crippen LogP contribution in [0.2, 0.25) is 5.02 Å². The predicted octanol–water partition coefficient (Wildman–Crippen LogP) is 2.34. The van der Waals surface area contributed by atoms with Crippen LogP contribution >= 0.6 is 11.6 Å². The Morgan fingerprint density at radius 2 is 2.07 bits per heavy atom. The average molecular weight is 234 g/mol. The van der Waals surface area contributed by atoms with E-state index in [0.717, 1.165) is 6.07 Å². The normalized spacial score (nSPS) is 12.8. The van der Waals surface area contributed by atoms with Crippen LogP contribution in [0.3, 0.4) is 0 Å². The van der Waals surface area contributed by atoms with Gasteiger partial charge in [-0.2, -0.15) is 0 Å². The molecule has 0 saturated heterocycles. The number of aromatic hydroxyl groups is 2. The minimum absolute atomic E-state index is 0.109. The highest BCUT2D eigenvalue weighted by Gasteiger charge is 2.19. The fourth-order valence-corrected chi connectivity index (χ4v) is 1.60. The molecule has 5 heteroatoms. The van der Waals surface area contributed by atoms with Gasteiger partial charge in [0.2, 0.25) is 0 Å². The maximum Gasteiger partial charge on any atom is 0.174 e. The van der Waals surface area contributed by atoms with Gasteiger partial charge in [-0.15, -0.1) is 0 Å². The van der Waals surface area contributed by atoms with Gasteiger partial charge in [0.15, 0.2) is 11.6 Å². The lowest BCUT2D eigenvalue weighted by atomic mass is 9.96. The Labute approximate surface area is 92.3 Å². The van der Waals surface area contributed by atoms with E-state index in [0.29, 0.717) is 18.5 Å². The van der Waals surface area contributed by atoms with Gasteiger partial charge in [0.05, 0.1) is 0 Å². The Kier molecular flexibility index (Phi) is 3.77. The Hall–Kier alpha value is -1.00. The van der Waals surface area contributed by atoms with Crippen LogP contribution in [0.4, 0.5) is 4.39 Å². The molecule has 0 heterocycles. The number of hydrogen-bond acceptors (Lipinski definition) is 3. The Balaban J connectivity index is 3.19. The van der Waals surface area contributed by atoms with E-state index in [2.05, 4.69) is 0 Å². The molecule has 0 radical (unpaired) electrons. The quantitative estimate of drug-likeness (QED) is 0.751. The summed E-state index contributed by atoms with van der Waals surface area (Å²) in [5.41, 5.74) is 5.73. The van der Waals surface area contributed by atoms with E-state index in [9.17, 15) is 9.50 Å². The molecule has 3 nitrogen and oxygen atoms in total. The van der Waals surface area contributed by atoms with Gasteiger partial charge in [-0.05, 0) is 24.9 Å². The molecule has 0 aliphatic heterocycles. The summed E-state index contributed by atoms with van der Waals surface area (Å²) in [4.78, 5) is 0. The molecule has 15 heavy (non-hydrogen) atoms. The third kappa shape index (κ3) is 2.33. The lowest BCUT2D eigenvalue weighted by Crippen LogP contribution is -2.05. The van der Waals surface area contributed by atoms with Crippen molar-refractivity contribution < 1.29 is 14.6 Å². The number of phenolic OH excluding ortho intramolecular Hbond substituents is 2. The summed E-state index contributed by atoms with van der Waals surface area (Å²) >= 11 is 5.56. The fourth-order valence-electron chi connectivity index (χ4n) is 1.40. The zero-order valence-electron chi connectivity index (χ0n) is 8.30. The standard InChI is InChI=1S/C10H13ClFNO2/c1-5(2-3-13)6-4-7(12)10(15)8(11)9(6)14/h4-5,14-15H,2-3,13H2,1H3. The van der Waals surface area contributed by atoms with Crippen molar-refractivity contribution in [2.24, 2.45) is 5.73 Å². The van der Waals surface area contributed by atoms with Gasteiger partial charge in [0, 0.05) is 5.56 Å². The van der Waals surface area contributed by atoms with Crippen molar-refractivity contribution in [1.29, 1.82) is 0 Å². The number of halogens is 2. The van der Waals surface area contributed by atoms with Crippen LogP contribution in [0, 0.1) is 5.82 Å². The highest BCUT2D eigenvalue weighted by atomic mass is 35.5. The summed E-state index contributed by atoms with van der Waals surface area (Å²) < 4.78 is 13.1. The van der Waals surface area contributed by atoms with Gasteiger partial charge in [0.1, 0.15) is 10.8 Å². The third-order valence-corrected chi connectivity index (χ3v) is 2.69. The van der Waals surface area contributed by atoms with Crippen LogP contribution in [-0.2, 0) is 0 Å². The molecular formula is C10H13ClFNO2. The summed E-state index contributed by atoms with van der Waals surface area (Å²) in [5, 5.41) is 18.4. The number of nitrogens with two attached hydrogens (primary N) is 1. The van der Waals surface area contributed by atoms with Crippen molar-refractivity contribution >= 4 is 11.6 Å². The van der Waals surface area contributed by atoms with Crippen molar-refractivity contribution in [1.82, 2.24) is 0 Å². The monoisotopic (exact) mass is 233 g/mol. The van der Waals surface area contributed by atoms with Crippen LogP contribution in [0.5, 0.6) is 11.5 Å². The number of rotatable bonds is 3. The molecular weight excluding hydrogens is 221 g/mol. The molecule has 0 amide bonds. The van der Waals surface area contributed by atoms with Crippen molar-refractivity contribution in [3.05, 3.63) is 22.5 Å². The molecule has 1 atom stereocenters. The van der Waals surface area contributed by atoms with Crippen molar-refractivity contribution in [3.8, 4) is 11.5 Å². The lowest BCUT2D eigenvalue weighted by molar-refractivity contribution is 0.413. The maximum atomic E-state index is 13.1. The van der Waals surface area contributed by atoms with Gasteiger partial charge < -0.3 is 15.9 Å². The minimum atomic E-state index is -0.836. The van der Waals surface area contributed by atoms with E-state index in [1.165, 1.54) is 0 Å². The first-order chi connectivity index (χ1) is 6.99. The highest BCUT2D eigenvalue weighted by Crippen LogP contribution is 2.41. The summed E-state index contributed by atoms with van der Waals surface area (Å²) in [7, 11) is 0. The molecule has 0 saturated carbocycles. The minimum Gasteiger partial charge on any atom is -0.506 e. The van der Waals surface area contributed by atoms with Crippen LogP contribution < -0.4 is 5.73 Å². The van der Waals surface area contributed by atoms with Gasteiger partial charge in [0.25, 0.3) is 0 Å². The number of hydrogen-bond donors (Lipinski definition) is 3. The smallest absolute Gasteiger partial charge is 0.174 e. The van der Waals surface area contributed by atoms with Crippen molar-refractivity contribution in [3.63, 3.8) is 0 Å². The van der Waals surface area contributed by atoms with Crippen molar-refractivity contribution in [2.75, 3.05) is 6.54 Å². The van der Waals surface area contributed by atoms with E-state index in [1.54, 1.807) is 6.92 Å². The summed E-state index contributed by atoms with van der Waals surface area (Å²) in [6.07, 6.45) is 0.605. The first kappa shape index (κ1) is 12.1. The summed E-state index contributed by atoms with van der Waals surface area (Å²) in [6.45, 7) is 2.23. The van der Waals surface area contributed by atoms with E-state index < -0.39 is 11.6 Å². The number of phenols is 2. The Morgan fingerprint density at radius 3 is 2.60 bits per heavy atom. The lowest BCUT2D eigenvalue weighted by Gasteiger charge is -2.14. The third-order valence-electron chi connectivity index (χ3n) is 2.33. The molecule has 0 spiro atoms. The first-order valence-electron chi connectivity index (χ1n) is 4.59. The molecule has 4 N–H and O–H groups in total. The molecule has 0 bridgehead atoms. The SMILES string of the molecule is CC(CCN)c1cc(F)c(O)c(Cl)c1O. The van der Waals surface area contributed by atoms with Gasteiger partial charge in [-0.3, -0.25) is 0 Å². The van der Waals surface area contributed by atoms with Gasteiger partial charge in [-0.1, -0.05) is 18.5 Å². The van der Waals surface area contributed by atoms with E-state index in [4.69, 9.17) is 22.4 Å². The average Bonchev–Trinajstić information content (AvgIpc) is 2.20. The Bertz CT molecular complexity index is 371. The molecule has 84 valence electrons. The van der Waals surface area contributed by atoms with Gasteiger partial charge in [-0.25, -0.2) is 4.39 Å². The van der Waals surface area contributed by atoms with E-state index >= 15 is 0 Å². The van der Waals surface area contributed by atoms with Crippen molar-refractivity contribution in [2.45, 2.75) is 19.3 Å². The van der Waals surface area contributed by atoms with Crippen LogP contribution in [0.25, 0.3) is 0 Å². The second-order valence-electron chi connectivity index (χ2n) is 3.44. The zero-order valence-corrected chi connectivity index (χ0v) is 9.05. The van der Waals surface area contributed by atoms with Crippen LogP contribution in [0.1, 0.15) is 24.8 Å². The maximum absolute atomic E-state index is 13.1. The zero-order chi connectivity index (χ0) is 11.6. The largest absolute Gasteiger partial charge is 0.506 e. The molecule has 1 aromatic carbocycles. The second kappa shape index (κ2) is 4.68. The number of benzene rings is 1. The van der Waals surface area contributed by atoms with Gasteiger partial charge >= 0.3 is 0 Å². The second-order valence-corrected chi connectivity index (χ2v) is 3.82. The van der Waals surface area contributed by atoms with E-state index in [1.807, 2.05) is 0 Å². The van der Waals surface area contributed by atoms with E-state index in [-0.39, 0.29) is 16.7 Å². The molecule has 1 rings (SSSR count). The molecule has 1 unspecified atom stereocenters. The van der Waals surface area contributed by atoms with Crippen LogP contribution in [-0.4, -0.2) is 16.8 Å². The fraction of sp³-hybridized carbons (Fsp3) is 0.400.